The van der Waals surface area contributed by atoms with Crippen molar-refractivity contribution in [2.75, 3.05) is 36.0 Å². The van der Waals surface area contributed by atoms with Crippen molar-refractivity contribution < 1.29 is 0 Å². The molecule has 1 aromatic carbocycles. The molecule has 0 saturated carbocycles. The zero-order valence-electron chi connectivity index (χ0n) is 12.3. The van der Waals surface area contributed by atoms with E-state index >= 15 is 0 Å². The highest BCUT2D eigenvalue weighted by molar-refractivity contribution is 6.32. The van der Waals surface area contributed by atoms with Gasteiger partial charge in [0.15, 0.2) is 0 Å². The summed E-state index contributed by atoms with van der Waals surface area (Å²) in [5.74, 6) is 1.77. The van der Waals surface area contributed by atoms with E-state index in [1.165, 1.54) is 0 Å². The first-order chi connectivity index (χ1) is 10.7. The number of halogens is 1. The third-order valence-corrected chi connectivity index (χ3v) is 4.12. The summed E-state index contributed by atoms with van der Waals surface area (Å²) in [7, 11) is 0. The molecular formula is C16H16ClN5. The van der Waals surface area contributed by atoms with Crippen molar-refractivity contribution in [3.63, 3.8) is 0 Å². The fraction of sp³-hybridized carbons (Fsp3) is 0.312. The van der Waals surface area contributed by atoms with Gasteiger partial charge in [-0.1, -0.05) is 11.6 Å². The number of nitrogens with zero attached hydrogens (tertiary/aromatic N) is 5. The van der Waals surface area contributed by atoms with Gasteiger partial charge in [-0.05, 0) is 31.2 Å². The summed E-state index contributed by atoms with van der Waals surface area (Å²) in [6.45, 7) is 5.48. The van der Waals surface area contributed by atoms with Gasteiger partial charge in [0.05, 0.1) is 10.6 Å². The normalized spacial score (nSPS) is 14.8. The lowest BCUT2D eigenvalue weighted by atomic mass is 10.2. The van der Waals surface area contributed by atoms with Crippen molar-refractivity contribution in [1.29, 1.82) is 5.26 Å². The Hall–Kier alpha value is -2.32. The Balaban J connectivity index is 1.69. The molecule has 1 aromatic heterocycles. The zero-order chi connectivity index (χ0) is 15.5. The predicted molar refractivity (Wildman–Crippen MR) is 87.4 cm³/mol. The van der Waals surface area contributed by atoms with Gasteiger partial charge in [-0.2, -0.15) is 5.26 Å². The molecule has 1 aliphatic heterocycles. The minimum atomic E-state index is 0.508. The van der Waals surface area contributed by atoms with E-state index < -0.39 is 0 Å². The quantitative estimate of drug-likeness (QED) is 0.853. The van der Waals surface area contributed by atoms with E-state index in [1.54, 1.807) is 12.3 Å². The second-order valence-electron chi connectivity index (χ2n) is 5.21. The van der Waals surface area contributed by atoms with E-state index in [0.717, 1.165) is 43.5 Å². The molecule has 0 atom stereocenters. The Kier molecular flexibility index (Phi) is 4.12. The lowest BCUT2D eigenvalue weighted by Crippen LogP contribution is -2.46. The Morgan fingerprint density at radius 1 is 1.14 bits per heavy atom. The third-order valence-electron chi connectivity index (χ3n) is 3.80. The van der Waals surface area contributed by atoms with Crippen LogP contribution < -0.4 is 9.80 Å². The van der Waals surface area contributed by atoms with Crippen LogP contribution in [0.3, 0.4) is 0 Å². The fourth-order valence-electron chi connectivity index (χ4n) is 2.60. The molecule has 0 aliphatic carbocycles. The van der Waals surface area contributed by atoms with E-state index in [4.69, 9.17) is 16.9 Å². The number of aromatic nitrogens is 2. The van der Waals surface area contributed by atoms with Crippen LogP contribution in [0.5, 0.6) is 0 Å². The second-order valence-corrected chi connectivity index (χ2v) is 5.62. The van der Waals surface area contributed by atoms with Crippen molar-refractivity contribution in [1.82, 2.24) is 9.97 Å². The van der Waals surface area contributed by atoms with Gasteiger partial charge in [0.2, 0.25) is 0 Å². The summed E-state index contributed by atoms with van der Waals surface area (Å²) >= 11 is 6.11. The first-order valence-corrected chi connectivity index (χ1v) is 7.54. The first kappa shape index (κ1) is 14.6. The lowest BCUT2D eigenvalue weighted by molar-refractivity contribution is 0.646. The molecule has 6 heteroatoms. The second kappa shape index (κ2) is 6.20. The molecule has 1 fully saturated rings. The van der Waals surface area contributed by atoms with E-state index in [-0.39, 0.29) is 0 Å². The van der Waals surface area contributed by atoms with Gasteiger partial charge < -0.3 is 9.80 Å². The molecule has 5 nitrogen and oxygen atoms in total. The van der Waals surface area contributed by atoms with Crippen molar-refractivity contribution >= 4 is 23.1 Å². The summed E-state index contributed by atoms with van der Waals surface area (Å²) in [5, 5.41) is 9.44. The fourth-order valence-corrected chi connectivity index (χ4v) is 2.82. The molecule has 0 amide bonds. The van der Waals surface area contributed by atoms with Gasteiger partial charge in [-0.15, -0.1) is 0 Å². The molecular weight excluding hydrogens is 298 g/mol. The van der Waals surface area contributed by atoms with Crippen molar-refractivity contribution in [2.45, 2.75) is 6.92 Å². The number of hydrogen-bond donors (Lipinski definition) is 0. The SMILES string of the molecule is Cc1nccc(N2CCN(c3ccc(C#N)c(Cl)c3)CC2)n1. The summed E-state index contributed by atoms with van der Waals surface area (Å²) < 4.78 is 0. The van der Waals surface area contributed by atoms with Gasteiger partial charge >= 0.3 is 0 Å². The maximum atomic E-state index is 8.94. The Morgan fingerprint density at radius 2 is 1.86 bits per heavy atom. The maximum Gasteiger partial charge on any atom is 0.132 e. The number of anilines is 2. The zero-order valence-corrected chi connectivity index (χ0v) is 13.1. The number of piperazine rings is 1. The number of rotatable bonds is 2. The predicted octanol–water partition coefficient (Wildman–Crippen LogP) is 2.64. The molecule has 0 N–H and O–H groups in total. The van der Waals surface area contributed by atoms with Gasteiger partial charge in [0, 0.05) is 38.1 Å². The van der Waals surface area contributed by atoms with E-state index in [0.29, 0.717) is 10.6 Å². The van der Waals surface area contributed by atoms with Crippen LogP contribution in [0.25, 0.3) is 0 Å². The monoisotopic (exact) mass is 313 g/mol. The Bertz CT molecular complexity index is 717. The summed E-state index contributed by atoms with van der Waals surface area (Å²) in [6, 6.07) is 9.63. The molecule has 1 saturated heterocycles. The minimum absolute atomic E-state index is 0.508. The molecule has 3 rings (SSSR count). The number of benzene rings is 1. The van der Waals surface area contributed by atoms with Crippen LogP contribution in [0, 0.1) is 18.3 Å². The molecule has 0 unspecified atom stereocenters. The molecule has 0 radical (unpaired) electrons. The molecule has 1 aliphatic rings. The summed E-state index contributed by atoms with van der Waals surface area (Å²) in [5.41, 5.74) is 1.57. The highest BCUT2D eigenvalue weighted by atomic mass is 35.5. The summed E-state index contributed by atoms with van der Waals surface area (Å²) in [4.78, 5) is 13.1. The first-order valence-electron chi connectivity index (χ1n) is 7.16. The summed E-state index contributed by atoms with van der Waals surface area (Å²) in [6.07, 6.45) is 1.80. The van der Waals surface area contributed by atoms with Crippen LogP contribution in [0.4, 0.5) is 11.5 Å². The van der Waals surface area contributed by atoms with Crippen LogP contribution in [-0.4, -0.2) is 36.1 Å². The maximum absolute atomic E-state index is 8.94. The van der Waals surface area contributed by atoms with E-state index in [9.17, 15) is 0 Å². The Morgan fingerprint density at radius 3 is 2.50 bits per heavy atom. The molecule has 2 heterocycles. The van der Waals surface area contributed by atoms with Gasteiger partial charge in [0.25, 0.3) is 0 Å². The average molecular weight is 314 g/mol. The molecule has 0 bridgehead atoms. The lowest BCUT2D eigenvalue weighted by Gasteiger charge is -2.36. The number of aryl methyl sites for hydroxylation is 1. The third kappa shape index (κ3) is 2.97. The average Bonchev–Trinajstić information content (AvgIpc) is 2.55. The topological polar surface area (TPSA) is 56.1 Å². The molecule has 22 heavy (non-hydrogen) atoms. The van der Waals surface area contributed by atoms with E-state index in [2.05, 4.69) is 25.8 Å². The van der Waals surface area contributed by atoms with Crippen molar-refractivity contribution in [3.05, 3.63) is 46.9 Å². The van der Waals surface area contributed by atoms with Crippen LogP contribution >= 0.6 is 11.6 Å². The number of nitriles is 1. The van der Waals surface area contributed by atoms with Gasteiger partial charge in [-0.3, -0.25) is 0 Å². The van der Waals surface area contributed by atoms with Gasteiger partial charge in [0.1, 0.15) is 17.7 Å². The highest BCUT2D eigenvalue weighted by Crippen LogP contribution is 2.25. The van der Waals surface area contributed by atoms with E-state index in [1.807, 2.05) is 25.1 Å². The molecule has 2 aromatic rings. The smallest absolute Gasteiger partial charge is 0.132 e. The molecule has 0 spiro atoms. The molecule has 112 valence electrons. The highest BCUT2D eigenvalue weighted by Gasteiger charge is 2.19. The van der Waals surface area contributed by atoms with Crippen molar-refractivity contribution in [3.8, 4) is 6.07 Å². The van der Waals surface area contributed by atoms with Crippen LogP contribution in [0.1, 0.15) is 11.4 Å². The van der Waals surface area contributed by atoms with Crippen molar-refractivity contribution in [2.24, 2.45) is 0 Å². The van der Waals surface area contributed by atoms with Gasteiger partial charge in [-0.25, -0.2) is 9.97 Å². The van der Waals surface area contributed by atoms with Crippen LogP contribution in [0.15, 0.2) is 30.5 Å². The largest absolute Gasteiger partial charge is 0.368 e. The Labute approximate surface area is 134 Å². The van der Waals surface area contributed by atoms with Crippen LogP contribution in [-0.2, 0) is 0 Å². The van der Waals surface area contributed by atoms with Crippen LogP contribution in [0.2, 0.25) is 5.02 Å². The number of hydrogen-bond acceptors (Lipinski definition) is 5. The minimum Gasteiger partial charge on any atom is -0.368 e. The standard InChI is InChI=1S/C16H16ClN5/c1-12-19-5-4-16(20-12)22-8-6-21(7-9-22)14-3-2-13(11-18)15(17)10-14/h2-5,10H,6-9H2,1H3.